The number of pyridine rings is 1. The molecule has 3 aromatic carbocycles. The monoisotopic (exact) mass is 427 g/mol. The van der Waals surface area contributed by atoms with Crippen molar-refractivity contribution < 1.29 is 8.42 Å². The summed E-state index contributed by atoms with van der Waals surface area (Å²) in [6.45, 7) is 1.91. The molecule has 4 rings (SSSR count). The molecule has 0 bridgehead atoms. The van der Waals surface area contributed by atoms with E-state index in [1.54, 1.807) is 54.6 Å². The molecular formula is C22H15Cl2NO2S. The summed E-state index contributed by atoms with van der Waals surface area (Å²) in [6.07, 6.45) is 1.37. The van der Waals surface area contributed by atoms with Gasteiger partial charge in [0.15, 0.2) is 0 Å². The summed E-state index contributed by atoms with van der Waals surface area (Å²) in [6, 6.07) is 19.2. The van der Waals surface area contributed by atoms with E-state index in [-0.39, 0.29) is 9.79 Å². The van der Waals surface area contributed by atoms with Gasteiger partial charge in [0.1, 0.15) is 0 Å². The summed E-state index contributed by atoms with van der Waals surface area (Å²) in [5.74, 6) is 0. The Kier molecular flexibility index (Phi) is 4.88. The molecule has 1 heterocycles. The summed E-state index contributed by atoms with van der Waals surface area (Å²) >= 11 is 12.5. The Bertz CT molecular complexity index is 1300. The number of sulfone groups is 1. The first-order valence-corrected chi connectivity index (χ1v) is 10.8. The van der Waals surface area contributed by atoms with Crippen LogP contribution in [-0.2, 0) is 9.84 Å². The quantitative estimate of drug-likeness (QED) is 0.382. The van der Waals surface area contributed by atoms with E-state index in [0.29, 0.717) is 32.1 Å². The maximum atomic E-state index is 13.4. The molecule has 0 amide bonds. The lowest BCUT2D eigenvalue weighted by Gasteiger charge is -2.14. The standard InChI is InChI=1S/C22H15Cl2NO2S/c1-14-8-10-17(11-9-14)28(26,27)20-13-25-22-18(6-3-7-19(22)24)21(20)15-4-2-5-16(23)12-15/h2-13H,1H3. The maximum Gasteiger partial charge on any atom is 0.208 e. The average Bonchev–Trinajstić information content (AvgIpc) is 2.68. The molecule has 4 aromatic rings. The molecule has 0 aliphatic carbocycles. The fourth-order valence-electron chi connectivity index (χ4n) is 3.16. The number of para-hydroxylation sites is 1. The molecule has 0 N–H and O–H groups in total. The minimum absolute atomic E-state index is 0.119. The zero-order valence-corrected chi connectivity index (χ0v) is 17.2. The first kappa shape index (κ1) is 18.9. The van der Waals surface area contributed by atoms with E-state index in [1.807, 2.05) is 19.1 Å². The van der Waals surface area contributed by atoms with E-state index >= 15 is 0 Å². The van der Waals surface area contributed by atoms with Crippen LogP contribution in [0.25, 0.3) is 22.0 Å². The van der Waals surface area contributed by atoms with Gasteiger partial charge in [-0.05, 0) is 42.8 Å². The maximum absolute atomic E-state index is 13.4. The highest BCUT2D eigenvalue weighted by atomic mass is 35.5. The lowest BCUT2D eigenvalue weighted by atomic mass is 10.0. The first-order chi connectivity index (χ1) is 13.4. The van der Waals surface area contributed by atoms with Crippen molar-refractivity contribution in [3.8, 4) is 11.1 Å². The van der Waals surface area contributed by atoms with Crippen molar-refractivity contribution >= 4 is 43.9 Å². The van der Waals surface area contributed by atoms with E-state index in [4.69, 9.17) is 23.2 Å². The predicted molar refractivity (Wildman–Crippen MR) is 114 cm³/mol. The van der Waals surface area contributed by atoms with Gasteiger partial charge in [-0.2, -0.15) is 0 Å². The number of hydrogen-bond donors (Lipinski definition) is 0. The normalized spacial score (nSPS) is 11.7. The fraction of sp³-hybridized carbons (Fsp3) is 0.0455. The SMILES string of the molecule is Cc1ccc(S(=O)(=O)c2cnc3c(Cl)cccc3c2-c2cccc(Cl)c2)cc1. The number of hydrogen-bond acceptors (Lipinski definition) is 3. The van der Waals surface area contributed by atoms with Crippen molar-refractivity contribution in [3.63, 3.8) is 0 Å². The second-order valence-corrected chi connectivity index (χ2v) is 9.22. The molecule has 28 heavy (non-hydrogen) atoms. The highest BCUT2D eigenvalue weighted by Crippen LogP contribution is 2.38. The highest BCUT2D eigenvalue weighted by molar-refractivity contribution is 7.91. The van der Waals surface area contributed by atoms with Crippen molar-refractivity contribution in [2.75, 3.05) is 0 Å². The topological polar surface area (TPSA) is 47.0 Å². The zero-order chi connectivity index (χ0) is 19.9. The van der Waals surface area contributed by atoms with E-state index < -0.39 is 9.84 Å². The smallest absolute Gasteiger partial charge is 0.208 e. The van der Waals surface area contributed by atoms with Crippen LogP contribution in [0.2, 0.25) is 10.0 Å². The Morgan fingerprint density at radius 2 is 1.61 bits per heavy atom. The van der Waals surface area contributed by atoms with Crippen LogP contribution >= 0.6 is 23.2 Å². The van der Waals surface area contributed by atoms with Crippen LogP contribution in [0.4, 0.5) is 0 Å². The number of aromatic nitrogens is 1. The lowest BCUT2D eigenvalue weighted by molar-refractivity contribution is 0.596. The molecule has 0 aliphatic rings. The summed E-state index contributed by atoms with van der Waals surface area (Å²) in [5.41, 5.74) is 2.75. The first-order valence-electron chi connectivity index (χ1n) is 8.53. The van der Waals surface area contributed by atoms with Crippen LogP contribution in [0.1, 0.15) is 5.56 Å². The second-order valence-electron chi connectivity index (χ2n) is 6.46. The molecule has 0 radical (unpaired) electrons. The number of halogens is 2. The molecule has 6 heteroatoms. The molecule has 0 unspecified atom stereocenters. The Morgan fingerprint density at radius 3 is 2.32 bits per heavy atom. The van der Waals surface area contributed by atoms with Gasteiger partial charge >= 0.3 is 0 Å². The summed E-state index contributed by atoms with van der Waals surface area (Å²) in [5, 5.41) is 1.63. The average molecular weight is 428 g/mol. The van der Waals surface area contributed by atoms with Crippen molar-refractivity contribution in [1.29, 1.82) is 0 Å². The van der Waals surface area contributed by atoms with Gasteiger partial charge in [0.05, 0.1) is 20.3 Å². The van der Waals surface area contributed by atoms with Crippen LogP contribution in [0.3, 0.4) is 0 Å². The molecule has 3 nitrogen and oxygen atoms in total. The Balaban J connectivity index is 2.09. The van der Waals surface area contributed by atoms with E-state index in [0.717, 1.165) is 5.56 Å². The van der Waals surface area contributed by atoms with Crippen LogP contribution in [-0.4, -0.2) is 13.4 Å². The van der Waals surface area contributed by atoms with Gasteiger partial charge in [0.25, 0.3) is 0 Å². The van der Waals surface area contributed by atoms with Crippen LogP contribution in [0.15, 0.2) is 82.7 Å². The van der Waals surface area contributed by atoms with E-state index in [1.165, 1.54) is 6.20 Å². The predicted octanol–water partition coefficient (Wildman–Crippen LogP) is 6.35. The largest absolute Gasteiger partial charge is 0.253 e. The molecular weight excluding hydrogens is 413 g/mol. The third-order valence-electron chi connectivity index (χ3n) is 4.55. The Hall–Kier alpha value is -2.40. The van der Waals surface area contributed by atoms with Crippen molar-refractivity contribution in [3.05, 3.63) is 88.5 Å². The van der Waals surface area contributed by atoms with Gasteiger partial charge in [-0.1, -0.05) is 65.2 Å². The number of nitrogens with zero attached hydrogens (tertiary/aromatic N) is 1. The summed E-state index contributed by atoms with van der Waals surface area (Å²) in [7, 11) is -3.80. The van der Waals surface area contributed by atoms with Gasteiger partial charge in [0.2, 0.25) is 9.84 Å². The molecule has 0 saturated heterocycles. The molecule has 140 valence electrons. The van der Waals surface area contributed by atoms with E-state index in [9.17, 15) is 8.42 Å². The summed E-state index contributed by atoms with van der Waals surface area (Å²) < 4.78 is 26.9. The van der Waals surface area contributed by atoms with Gasteiger partial charge in [-0.15, -0.1) is 0 Å². The van der Waals surface area contributed by atoms with Crippen molar-refractivity contribution in [2.45, 2.75) is 16.7 Å². The molecule has 0 atom stereocenters. The van der Waals surface area contributed by atoms with Crippen LogP contribution < -0.4 is 0 Å². The van der Waals surface area contributed by atoms with Gasteiger partial charge in [0, 0.05) is 22.2 Å². The minimum atomic E-state index is -3.80. The third kappa shape index (κ3) is 3.28. The molecule has 0 saturated carbocycles. The van der Waals surface area contributed by atoms with Gasteiger partial charge in [-0.3, -0.25) is 4.98 Å². The second kappa shape index (κ2) is 7.21. The number of rotatable bonds is 3. The molecule has 1 aromatic heterocycles. The Morgan fingerprint density at radius 1 is 0.893 bits per heavy atom. The highest BCUT2D eigenvalue weighted by Gasteiger charge is 2.25. The van der Waals surface area contributed by atoms with Crippen LogP contribution in [0, 0.1) is 6.92 Å². The fourth-order valence-corrected chi connectivity index (χ4v) is 5.01. The van der Waals surface area contributed by atoms with E-state index in [2.05, 4.69) is 4.98 Å². The number of benzene rings is 3. The minimum Gasteiger partial charge on any atom is -0.253 e. The third-order valence-corrected chi connectivity index (χ3v) is 6.87. The summed E-state index contributed by atoms with van der Waals surface area (Å²) in [4.78, 5) is 4.69. The zero-order valence-electron chi connectivity index (χ0n) is 14.9. The molecule has 0 aliphatic heterocycles. The lowest BCUT2D eigenvalue weighted by Crippen LogP contribution is -2.06. The van der Waals surface area contributed by atoms with Crippen molar-refractivity contribution in [2.24, 2.45) is 0 Å². The Labute approximate surface area is 173 Å². The molecule has 0 spiro atoms. The van der Waals surface area contributed by atoms with Crippen LogP contribution in [0.5, 0.6) is 0 Å². The number of aryl methyl sites for hydroxylation is 1. The number of fused-ring (bicyclic) bond motifs is 1. The molecule has 0 fully saturated rings. The van der Waals surface area contributed by atoms with Gasteiger partial charge < -0.3 is 0 Å². The van der Waals surface area contributed by atoms with Crippen molar-refractivity contribution in [1.82, 2.24) is 4.98 Å². The van der Waals surface area contributed by atoms with Gasteiger partial charge in [-0.25, -0.2) is 8.42 Å².